The van der Waals surface area contributed by atoms with Gasteiger partial charge in [-0.05, 0) is 29.8 Å². The maximum Gasteiger partial charge on any atom is 0.342 e. The minimum absolute atomic E-state index is 0.244. The first kappa shape index (κ1) is 21.7. The predicted molar refractivity (Wildman–Crippen MR) is 116 cm³/mol. The SMILES string of the molecule is COc1ccc(NC(=O)COC(=O)c2ccccc2OCc2ccccc2)c(OC)c1. The summed E-state index contributed by atoms with van der Waals surface area (Å²) in [6.45, 7) is -0.149. The number of carbonyl (C=O) groups is 2. The third-order valence-electron chi connectivity index (χ3n) is 4.36. The van der Waals surface area contributed by atoms with E-state index in [9.17, 15) is 9.59 Å². The van der Waals surface area contributed by atoms with Gasteiger partial charge in [0.2, 0.25) is 0 Å². The number of ether oxygens (including phenoxy) is 4. The van der Waals surface area contributed by atoms with Gasteiger partial charge in [0.05, 0.1) is 19.9 Å². The lowest BCUT2D eigenvalue weighted by atomic mass is 10.2. The van der Waals surface area contributed by atoms with Crippen LogP contribution < -0.4 is 19.5 Å². The van der Waals surface area contributed by atoms with Crippen molar-refractivity contribution >= 4 is 17.6 Å². The van der Waals surface area contributed by atoms with Crippen LogP contribution in [0.4, 0.5) is 5.69 Å². The molecule has 1 amide bonds. The van der Waals surface area contributed by atoms with E-state index in [1.807, 2.05) is 30.3 Å². The lowest BCUT2D eigenvalue weighted by molar-refractivity contribution is -0.119. The fraction of sp³-hybridized carbons (Fsp3) is 0.167. The summed E-state index contributed by atoms with van der Waals surface area (Å²) in [6.07, 6.45) is 0. The Labute approximate surface area is 180 Å². The van der Waals surface area contributed by atoms with E-state index in [0.717, 1.165) is 5.56 Å². The van der Waals surface area contributed by atoms with Gasteiger partial charge in [0.25, 0.3) is 5.91 Å². The molecule has 7 nitrogen and oxygen atoms in total. The van der Waals surface area contributed by atoms with Crippen LogP contribution in [0, 0.1) is 0 Å². The second-order valence-corrected chi connectivity index (χ2v) is 6.46. The second-order valence-electron chi connectivity index (χ2n) is 6.46. The van der Waals surface area contributed by atoms with Crippen LogP contribution in [0.5, 0.6) is 17.2 Å². The molecular weight excluding hydrogens is 398 g/mol. The summed E-state index contributed by atoms with van der Waals surface area (Å²) in [6, 6.07) is 21.3. The Bertz CT molecular complexity index is 1040. The van der Waals surface area contributed by atoms with Crippen molar-refractivity contribution in [2.24, 2.45) is 0 Å². The van der Waals surface area contributed by atoms with Crippen molar-refractivity contribution in [2.45, 2.75) is 6.61 Å². The van der Waals surface area contributed by atoms with Gasteiger partial charge in [-0.2, -0.15) is 0 Å². The zero-order valence-corrected chi connectivity index (χ0v) is 17.3. The number of para-hydroxylation sites is 1. The maximum absolute atomic E-state index is 12.5. The van der Waals surface area contributed by atoms with E-state index in [0.29, 0.717) is 29.5 Å². The van der Waals surface area contributed by atoms with Crippen LogP contribution in [0.25, 0.3) is 0 Å². The highest BCUT2D eigenvalue weighted by atomic mass is 16.5. The largest absolute Gasteiger partial charge is 0.497 e. The molecule has 3 aromatic rings. The Kier molecular flexibility index (Phi) is 7.48. The monoisotopic (exact) mass is 421 g/mol. The zero-order valence-electron chi connectivity index (χ0n) is 17.3. The fourth-order valence-corrected chi connectivity index (χ4v) is 2.79. The first-order chi connectivity index (χ1) is 15.1. The van der Waals surface area contributed by atoms with Crippen LogP contribution in [0.2, 0.25) is 0 Å². The maximum atomic E-state index is 12.5. The molecule has 31 heavy (non-hydrogen) atoms. The molecule has 7 heteroatoms. The van der Waals surface area contributed by atoms with Gasteiger partial charge in [0.15, 0.2) is 6.61 Å². The average Bonchev–Trinajstić information content (AvgIpc) is 2.82. The highest BCUT2D eigenvalue weighted by molar-refractivity contribution is 5.97. The molecule has 0 saturated heterocycles. The molecule has 0 saturated carbocycles. The molecule has 160 valence electrons. The summed E-state index contributed by atoms with van der Waals surface area (Å²) >= 11 is 0. The van der Waals surface area contributed by atoms with Gasteiger partial charge in [-0.3, -0.25) is 4.79 Å². The second kappa shape index (κ2) is 10.7. The van der Waals surface area contributed by atoms with Crippen LogP contribution in [0.15, 0.2) is 72.8 Å². The molecular formula is C24H23NO6. The summed E-state index contributed by atoms with van der Waals surface area (Å²) in [5, 5.41) is 2.65. The van der Waals surface area contributed by atoms with Crippen molar-refractivity contribution in [3.8, 4) is 17.2 Å². The van der Waals surface area contributed by atoms with E-state index in [1.165, 1.54) is 14.2 Å². The lowest BCUT2D eigenvalue weighted by Gasteiger charge is -2.13. The van der Waals surface area contributed by atoms with Crippen molar-refractivity contribution < 1.29 is 28.5 Å². The molecule has 1 N–H and O–H groups in total. The first-order valence-electron chi connectivity index (χ1n) is 9.55. The van der Waals surface area contributed by atoms with Crippen LogP contribution in [0.1, 0.15) is 15.9 Å². The molecule has 3 aromatic carbocycles. The molecule has 0 heterocycles. The third kappa shape index (κ3) is 5.99. The fourth-order valence-electron chi connectivity index (χ4n) is 2.79. The van der Waals surface area contributed by atoms with Crippen molar-refractivity contribution in [3.63, 3.8) is 0 Å². The number of benzene rings is 3. The van der Waals surface area contributed by atoms with Crippen LogP contribution >= 0.6 is 0 Å². The Balaban J connectivity index is 1.59. The number of amides is 1. The summed E-state index contributed by atoms with van der Waals surface area (Å²) in [5.74, 6) is 0.251. The van der Waals surface area contributed by atoms with E-state index in [4.69, 9.17) is 18.9 Å². The van der Waals surface area contributed by atoms with Crippen molar-refractivity contribution in [2.75, 3.05) is 26.1 Å². The van der Waals surface area contributed by atoms with E-state index in [1.54, 1.807) is 42.5 Å². The molecule has 0 aliphatic carbocycles. The predicted octanol–water partition coefficient (Wildman–Crippen LogP) is 4.08. The quantitative estimate of drug-likeness (QED) is 0.524. The Hall–Kier alpha value is -4.00. The zero-order chi connectivity index (χ0) is 22.1. The average molecular weight is 421 g/mol. The number of methoxy groups -OCH3 is 2. The van der Waals surface area contributed by atoms with Crippen molar-refractivity contribution in [3.05, 3.63) is 83.9 Å². The standard InChI is InChI=1S/C24H23NO6/c1-28-18-12-13-20(22(14-18)29-2)25-23(26)16-31-24(27)19-10-6-7-11-21(19)30-15-17-8-4-3-5-9-17/h3-14H,15-16H2,1-2H3,(H,25,26). The highest BCUT2D eigenvalue weighted by Gasteiger charge is 2.16. The van der Waals surface area contributed by atoms with Gasteiger partial charge >= 0.3 is 5.97 Å². The summed E-state index contributed by atoms with van der Waals surface area (Å²) < 4.78 is 21.3. The summed E-state index contributed by atoms with van der Waals surface area (Å²) in [4.78, 5) is 24.8. The molecule has 0 bridgehead atoms. The Morgan fingerprint density at radius 3 is 2.32 bits per heavy atom. The van der Waals surface area contributed by atoms with Gasteiger partial charge in [-0.15, -0.1) is 0 Å². The van der Waals surface area contributed by atoms with Crippen molar-refractivity contribution in [1.29, 1.82) is 0 Å². The van der Waals surface area contributed by atoms with Crippen LogP contribution in [0.3, 0.4) is 0 Å². The number of hydrogen-bond donors (Lipinski definition) is 1. The molecule has 0 aromatic heterocycles. The molecule has 3 rings (SSSR count). The van der Waals surface area contributed by atoms with Gasteiger partial charge in [0.1, 0.15) is 29.4 Å². The molecule has 0 atom stereocenters. The smallest absolute Gasteiger partial charge is 0.342 e. The van der Waals surface area contributed by atoms with Gasteiger partial charge in [-0.25, -0.2) is 4.79 Å². The highest BCUT2D eigenvalue weighted by Crippen LogP contribution is 2.29. The van der Waals surface area contributed by atoms with Gasteiger partial charge < -0.3 is 24.3 Å². The van der Waals surface area contributed by atoms with Crippen molar-refractivity contribution in [1.82, 2.24) is 0 Å². The van der Waals surface area contributed by atoms with E-state index in [-0.39, 0.29) is 5.56 Å². The summed E-state index contributed by atoms with van der Waals surface area (Å²) in [7, 11) is 3.02. The number of nitrogens with one attached hydrogen (secondary N) is 1. The normalized spacial score (nSPS) is 10.1. The van der Waals surface area contributed by atoms with Gasteiger partial charge in [0, 0.05) is 6.07 Å². The van der Waals surface area contributed by atoms with E-state index >= 15 is 0 Å². The lowest BCUT2D eigenvalue weighted by Crippen LogP contribution is -2.21. The third-order valence-corrected chi connectivity index (χ3v) is 4.36. The topological polar surface area (TPSA) is 83.1 Å². The molecule has 0 fully saturated rings. The van der Waals surface area contributed by atoms with E-state index < -0.39 is 18.5 Å². The minimum Gasteiger partial charge on any atom is -0.497 e. The Morgan fingerprint density at radius 1 is 0.839 bits per heavy atom. The Morgan fingerprint density at radius 2 is 1.58 bits per heavy atom. The number of carbonyl (C=O) groups excluding carboxylic acids is 2. The molecule has 0 spiro atoms. The molecule has 0 radical (unpaired) electrons. The summed E-state index contributed by atoms with van der Waals surface area (Å²) in [5.41, 5.74) is 1.66. The van der Waals surface area contributed by atoms with Crippen LogP contribution in [-0.2, 0) is 16.1 Å². The number of hydrogen-bond acceptors (Lipinski definition) is 6. The van der Waals surface area contributed by atoms with E-state index in [2.05, 4.69) is 5.32 Å². The molecule has 0 aliphatic rings. The molecule has 0 aliphatic heterocycles. The van der Waals surface area contributed by atoms with Gasteiger partial charge in [-0.1, -0.05) is 42.5 Å². The molecule has 0 unspecified atom stereocenters. The first-order valence-corrected chi connectivity index (χ1v) is 9.55. The minimum atomic E-state index is -0.652. The van der Waals surface area contributed by atoms with Crippen LogP contribution in [-0.4, -0.2) is 32.7 Å². The number of anilines is 1. The number of rotatable bonds is 9. The number of esters is 1.